The molecule has 9 nitrogen and oxygen atoms in total. The number of unbranched alkanes of at least 4 members (excludes halogenated alkanes) is 28. The first-order valence-electron chi connectivity index (χ1n) is 22.6. The highest BCUT2D eigenvalue weighted by atomic mass is 31.2. The summed E-state index contributed by atoms with van der Waals surface area (Å²) >= 11 is 0. The molecule has 2 unspecified atom stereocenters. The smallest absolute Gasteiger partial charge is 0.314 e. The fourth-order valence-corrected chi connectivity index (χ4v) is 7.62. The third-order valence-corrected chi connectivity index (χ3v) is 11.3. The molecule has 0 fully saturated rings. The number of nitrogens with zero attached hydrogens (tertiary/aromatic N) is 2. The van der Waals surface area contributed by atoms with Gasteiger partial charge < -0.3 is 33.8 Å². The molecule has 2 amide bonds. The lowest BCUT2D eigenvalue weighted by molar-refractivity contribution is -0.870. The normalized spacial score (nSPS) is 13.7. The van der Waals surface area contributed by atoms with Crippen LogP contribution in [0.25, 0.3) is 0 Å². The van der Waals surface area contributed by atoms with E-state index in [1.807, 2.05) is 21.1 Å². The summed E-state index contributed by atoms with van der Waals surface area (Å²) in [6, 6.07) is -0.571. The van der Waals surface area contributed by atoms with Crippen LogP contribution < -0.4 is 10.6 Å². The average molecular weight is 776 g/mol. The number of primary amides is 1. The van der Waals surface area contributed by atoms with Gasteiger partial charge in [-0.2, -0.15) is 0 Å². The van der Waals surface area contributed by atoms with Crippen LogP contribution in [0.15, 0.2) is 0 Å². The number of urea groups is 1. The number of rotatable bonds is 42. The highest BCUT2D eigenvalue weighted by Gasteiger charge is 2.24. The second kappa shape index (κ2) is 36.9. The van der Waals surface area contributed by atoms with E-state index in [4.69, 9.17) is 19.5 Å². The monoisotopic (exact) mass is 776 g/mol. The molecular formula is C43H90N3O6P. The molecule has 0 aromatic heterocycles. The molecule has 2 N–H and O–H groups in total. The van der Waals surface area contributed by atoms with E-state index in [-0.39, 0.29) is 19.8 Å². The lowest BCUT2D eigenvalue weighted by Crippen LogP contribution is -2.44. The number of amides is 2. The van der Waals surface area contributed by atoms with Gasteiger partial charge in [0.2, 0.25) is 0 Å². The molecule has 0 rings (SSSR count). The van der Waals surface area contributed by atoms with Gasteiger partial charge in [-0.05, 0) is 12.8 Å². The number of carbonyl (C=O) groups is 1. The van der Waals surface area contributed by atoms with Crippen molar-refractivity contribution in [3.05, 3.63) is 0 Å². The Hall–Kier alpha value is -0.700. The first kappa shape index (κ1) is 52.3. The zero-order valence-corrected chi connectivity index (χ0v) is 36.8. The summed E-state index contributed by atoms with van der Waals surface area (Å²) in [6.45, 7) is 6.19. The predicted molar refractivity (Wildman–Crippen MR) is 223 cm³/mol. The summed E-state index contributed by atoms with van der Waals surface area (Å²) in [6.07, 6.45) is 37.6. The third-order valence-electron chi connectivity index (χ3n) is 10.3. The summed E-state index contributed by atoms with van der Waals surface area (Å²) in [5, 5.41) is 0. The number of carbonyl (C=O) groups excluding carboxylic acids is 1. The molecule has 0 bridgehead atoms. The number of likely N-dealkylation sites (N-methyl/N-ethyl adjacent to an activating group) is 1. The number of ether oxygens (including phenoxy) is 1. The van der Waals surface area contributed by atoms with E-state index in [1.54, 1.807) is 0 Å². The van der Waals surface area contributed by atoms with Gasteiger partial charge in [-0.3, -0.25) is 4.57 Å². The Kier molecular flexibility index (Phi) is 36.4. The zero-order chi connectivity index (χ0) is 39.3. The number of phosphoric ester groups is 1. The Morgan fingerprint density at radius 1 is 0.604 bits per heavy atom. The molecular weight excluding hydrogens is 685 g/mol. The highest BCUT2D eigenvalue weighted by molar-refractivity contribution is 7.45. The molecule has 0 saturated carbocycles. The van der Waals surface area contributed by atoms with Crippen molar-refractivity contribution in [3.8, 4) is 0 Å². The van der Waals surface area contributed by atoms with Crippen molar-refractivity contribution >= 4 is 13.9 Å². The van der Waals surface area contributed by atoms with E-state index in [9.17, 15) is 14.3 Å². The first-order chi connectivity index (χ1) is 25.5. The van der Waals surface area contributed by atoms with Crippen LogP contribution >= 0.6 is 7.82 Å². The topological polar surface area (TPSA) is 114 Å². The molecule has 0 radical (unpaired) electrons. The van der Waals surface area contributed by atoms with Gasteiger partial charge in [-0.15, -0.1) is 0 Å². The fraction of sp³-hybridized carbons (Fsp3) is 0.977. The Bertz CT molecular complexity index is 843. The van der Waals surface area contributed by atoms with Crippen molar-refractivity contribution in [1.29, 1.82) is 0 Å². The Morgan fingerprint density at radius 2 is 0.962 bits per heavy atom. The van der Waals surface area contributed by atoms with Crippen molar-refractivity contribution in [2.24, 2.45) is 5.73 Å². The van der Waals surface area contributed by atoms with Crippen LogP contribution in [0.4, 0.5) is 4.79 Å². The van der Waals surface area contributed by atoms with E-state index < -0.39 is 20.0 Å². The maximum Gasteiger partial charge on any atom is 0.314 e. The van der Waals surface area contributed by atoms with Crippen LogP contribution in [0.5, 0.6) is 0 Å². The number of quaternary nitrogens is 1. The molecule has 2 atom stereocenters. The minimum Gasteiger partial charge on any atom is -0.756 e. The zero-order valence-electron chi connectivity index (χ0n) is 35.9. The average Bonchev–Trinajstić information content (AvgIpc) is 3.09. The summed E-state index contributed by atoms with van der Waals surface area (Å²) in [4.78, 5) is 26.6. The lowest BCUT2D eigenvalue weighted by Gasteiger charge is -2.32. The fourth-order valence-electron chi connectivity index (χ4n) is 6.76. The van der Waals surface area contributed by atoms with Gasteiger partial charge in [0.15, 0.2) is 0 Å². The van der Waals surface area contributed by atoms with Crippen molar-refractivity contribution < 1.29 is 32.5 Å². The van der Waals surface area contributed by atoms with Crippen molar-refractivity contribution in [2.75, 3.05) is 60.6 Å². The van der Waals surface area contributed by atoms with E-state index in [0.29, 0.717) is 24.2 Å². The molecule has 318 valence electrons. The van der Waals surface area contributed by atoms with Gasteiger partial charge in [0.1, 0.15) is 19.3 Å². The minimum absolute atomic E-state index is 0.0234. The molecule has 0 aromatic rings. The Balaban J connectivity index is 4.39. The van der Waals surface area contributed by atoms with E-state index >= 15 is 0 Å². The standard InChI is InChI=1S/C43H90N3O6P/c1-6-8-10-12-14-16-18-20-22-23-25-27-29-31-33-35-38-50-41-42(52-53(48,49)51-39-37-46(3,4)5)40-45(43(44)47)36-34-32-30-28-26-24-21-19-17-15-13-11-9-7-2/h42H,6-41H2,1-5H3,(H2-,44,47,48,49). The Morgan fingerprint density at radius 3 is 1.32 bits per heavy atom. The molecule has 0 aliphatic rings. The minimum atomic E-state index is -4.60. The van der Waals surface area contributed by atoms with Gasteiger partial charge in [0.05, 0.1) is 34.3 Å². The van der Waals surface area contributed by atoms with Crippen LogP contribution in [-0.2, 0) is 18.3 Å². The van der Waals surface area contributed by atoms with Gasteiger partial charge in [0.25, 0.3) is 7.82 Å². The van der Waals surface area contributed by atoms with Crippen LogP contribution in [-0.4, -0.2) is 82.1 Å². The third kappa shape index (κ3) is 39.3. The summed E-state index contributed by atoms with van der Waals surface area (Å²) in [7, 11) is 1.31. The second-order valence-corrected chi connectivity index (χ2v) is 18.1. The molecule has 10 heteroatoms. The van der Waals surface area contributed by atoms with Crippen LogP contribution in [0.1, 0.15) is 206 Å². The van der Waals surface area contributed by atoms with Crippen LogP contribution in [0.3, 0.4) is 0 Å². The number of hydrogen-bond donors (Lipinski definition) is 1. The number of nitrogens with two attached hydrogens (primary N) is 1. The lowest BCUT2D eigenvalue weighted by atomic mass is 10.0. The largest absolute Gasteiger partial charge is 0.756 e. The summed E-state index contributed by atoms with van der Waals surface area (Å²) < 4.78 is 29.9. The second-order valence-electron chi connectivity index (χ2n) is 16.8. The quantitative estimate of drug-likeness (QED) is 0.0375. The summed E-state index contributed by atoms with van der Waals surface area (Å²) in [5.74, 6) is 0. The molecule has 0 aliphatic heterocycles. The number of phosphoric acid groups is 1. The van der Waals surface area contributed by atoms with Gasteiger partial charge >= 0.3 is 6.03 Å². The van der Waals surface area contributed by atoms with E-state index in [2.05, 4.69) is 13.8 Å². The van der Waals surface area contributed by atoms with E-state index in [1.165, 1.54) is 165 Å². The highest BCUT2D eigenvalue weighted by Crippen LogP contribution is 2.40. The number of hydrogen-bond acceptors (Lipinski definition) is 6. The molecule has 0 heterocycles. The van der Waals surface area contributed by atoms with Crippen LogP contribution in [0.2, 0.25) is 0 Å². The van der Waals surface area contributed by atoms with Gasteiger partial charge in [-0.25, -0.2) is 4.79 Å². The Labute approximate surface area is 329 Å². The van der Waals surface area contributed by atoms with Crippen molar-refractivity contribution in [3.63, 3.8) is 0 Å². The maximum absolute atomic E-state index is 12.8. The predicted octanol–water partition coefficient (Wildman–Crippen LogP) is 11.7. The van der Waals surface area contributed by atoms with E-state index in [0.717, 1.165) is 32.1 Å². The van der Waals surface area contributed by atoms with Gasteiger partial charge in [0, 0.05) is 13.2 Å². The molecule has 0 aliphatic carbocycles. The first-order valence-corrected chi connectivity index (χ1v) is 24.0. The molecule has 53 heavy (non-hydrogen) atoms. The molecule has 0 spiro atoms. The van der Waals surface area contributed by atoms with Gasteiger partial charge in [-0.1, -0.05) is 194 Å². The van der Waals surface area contributed by atoms with Crippen LogP contribution in [0, 0.1) is 0 Å². The molecule has 0 aromatic carbocycles. The summed E-state index contributed by atoms with van der Waals surface area (Å²) in [5.41, 5.74) is 5.74. The SMILES string of the molecule is CCCCCCCCCCCCCCCCCCOCC(CN(CCCCCCCCCCCCCCCC)C(N)=O)OP(=O)([O-])OCC[N+](C)(C)C. The molecule has 0 saturated heterocycles. The van der Waals surface area contributed by atoms with Crippen molar-refractivity contribution in [2.45, 2.75) is 213 Å². The maximum atomic E-state index is 12.8. The van der Waals surface area contributed by atoms with Crippen molar-refractivity contribution in [1.82, 2.24) is 4.90 Å².